The number of nitrogens with zero attached hydrogens (tertiary/aromatic N) is 1. The van der Waals surface area contributed by atoms with Crippen molar-refractivity contribution in [1.82, 2.24) is 15.5 Å². The fourth-order valence-corrected chi connectivity index (χ4v) is 4.14. The largest absolute Gasteiger partial charge is 0.444 e. The van der Waals surface area contributed by atoms with E-state index in [9.17, 15) is 14.4 Å². The van der Waals surface area contributed by atoms with Crippen LogP contribution < -0.4 is 10.6 Å². The Hall–Kier alpha value is -3.61. The molecule has 0 aliphatic carbocycles. The molecule has 2 unspecified atom stereocenters. The molecule has 7 nitrogen and oxygen atoms in total. The fraction of sp³-hybridized carbons (Fsp3) is 0.452. The first-order chi connectivity index (χ1) is 18.0. The van der Waals surface area contributed by atoms with Gasteiger partial charge >= 0.3 is 6.09 Å². The maximum absolute atomic E-state index is 14.2. The van der Waals surface area contributed by atoms with Gasteiger partial charge < -0.3 is 20.3 Å². The number of nitrogens with one attached hydrogen (secondary N) is 2. The minimum absolute atomic E-state index is 0.249. The number of carbonyl (C=O) groups is 3. The molecule has 2 atom stereocenters. The summed E-state index contributed by atoms with van der Waals surface area (Å²) in [6, 6.07) is 14.8. The number of alkyl carbamates (subject to hydrolysis) is 1. The number of unbranched alkanes of at least 4 members (excludes halogenated alkanes) is 1. The van der Waals surface area contributed by atoms with Crippen molar-refractivity contribution in [2.24, 2.45) is 0 Å². The van der Waals surface area contributed by atoms with Gasteiger partial charge in [-0.2, -0.15) is 0 Å². The Morgan fingerprint density at radius 2 is 1.74 bits per heavy atom. The Morgan fingerprint density at radius 3 is 2.32 bits per heavy atom. The van der Waals surface area contributed by atoms with Crippen LogP contribution >= 0.6 is 0 Å². The van der Waals surface area contributed by atoms with Crippen LogP contribution in [0.5, 0.6) is 0 Å². The third kappa shape index (κ3) is 9.36. The van der Waals surface area contributed by atoms with Gasteiger partial charge in [0.2, 0.25) is 11.8 Å². The van der Waals surface area contributed by atoms with E-state index in [1.165, 1.54) is 0 Å². The van der Waals surface area contributed by atoms with E-state index in [2.05, 4.69) is 24.1 Å². The molecule has 0 aromatic heterocycles. The van der Waals surface area contributed by atoms with E-state index in [1.807, 2.05) is 68.4 Å². The quantitative estimate of drug-likeness (QED) is 0.353. The Balaban J connectivity index is 2.53. The van der Waals surface area contributed by atoms with E-state index >= 15 is 0 Å². The third-order valence-electron chi connectivity index (χ3n) is 5.90. The number of hydrogen-bond donors (Lipinski definition) is 2. The van der Waals surface area contributed by atoms with E-state index in [-0.39, 0.29) is 24.3 Å². The summed E-state index contributed by atoms with van der Waals surface area (Å²) in [5, 5.41) is 5.78. The molecule has 0 aliphatic rings. The zero-order valence-corrected chi connectivity index (χ0v) is 23.6. The van der Waals surface area contributed by atoms with Crippen LogP contribution in [0, 0.1) is 0 Å². The summed E-state index contributed by atoms with van der Waals surface area (Å²) in [6.07, 6.45) is 3.03. The Labute approximate surface area is 227 Å². The van der Waals surface area contributed by atoms with Gasteiger partial charge in [0, 0.05) is 19.0 Å². The van der Waals surface area contributed by atoms with Crippen molar-refractivity contribution in [3.63, 3.8) is 0 Å². The van der Waals surface area contributed by atoms with Crippen molar-refractivity contribution < 1.29 is 19.1 Å². The van der Waals surface area contributed by atoms with Crippen LogP contribution in [-0.4, -0.2) is 47.0 Å². The van der Waals surface area contributed by atoms with Crippen LogP contribution in [0.4, 0.5) is 4.79 Å². The molecule has 0 radical (unpaired) electrons. The molecule has 2 rings (SSSR count). The summed E-state index contributed by atoms with van der Waals surface area (Å²) in [5.41, 5.74) is 1.67. The highest BCUT2D eigenvalue weighted by Crippen LogP contribution is 2.27. The van der Waals surface area contributed by atoms with Crippen LogP contribution in [0.3, 0.4) is 0 Å². The van der Waals surface area contributed by atoms with E-state index in [0.29, 0.717) is 12.1 Å². The van der Waals surface area contributed by atoms with Crippen LogP contribution in [0.2, 0.25) is 0 Å². The second-order valence-corrected chi connectivity index (χ2v) is 10.6. The normalized spacial score (nSPS) is 12.8. The lowest BCUT2D eigenvalue weighted by molar-refractivity contribution is -0.144. The first-order valence-electron chi connectivity index (χ1n) is 13.3. The van der Waals surface area contributed by atoms with Crippen LogP contribution in [0.25, 0.3) is 6.08 Å². The van der Waals surface area contributed by atoms with Crippen molar-refractivity contribution in [3.05, 3.63) is 77.9 Å². The number of ether oxygens (including phenoxy) is 1. The summed E-state index contributed by atoms with van der Waals surface area (Å²) in [4.78, 5) is 42.2. The van der Waals surface area contributed by atoms with Gasteiger partial charge in [-0.25, -0.2) is 4.79 Å². The highest BCUT2D eigenvalue weighted by atomic mass is 16.6. The smallest absolute Gasteiger partial charge is 0.408 e. The minimum atomic E-state index is -0.942. The lowest BCUT2D eigenvalue weighted by atomic mass is 9.97. The second-order valence-electron chi connectivity index (χ2n) is 10.6. The lowest BCUT2D eigenvalue weighted by Gasteiger charge is -2.37. The molecule has 7 heteroatoms. The monoisotopic (exact) mass is 521 g/mol. The van der Waals surface area contributed by atoms with Crippen molar-refractivity contribution in [1.29, 1.82) is 0 Å². The molecular formula is C31H43N3O4. The van der Waals surface area contributed by atoms with Gasteiger partial charge in [-0.15, -0.1) is 0 Å². The molecule has 0 saturated heterocycles. The zero-order chi connectivity index (χ0) is 28.3. The Bertz CT molecular complexity index is 1080. The maximum Gasteiger partial charge on any atom is 0.408 e. The second kappa shape index (κ2) is 14.4. The average molecular weight is 522 g/mol. The van der Waals surface area contributed by atoms with Crippen molar-refractivity contribution >= 4 is 24.0 Å². The van der Waals surface area contributed by atoms with Crippen molar-refractivity contribution in [3.8, 4) is 0 Å². The van der Waals surface area contributed by atoms with E-state index in [4.69, 9.17) is 4.74 Å². The Morgan fingerprint density at radius 1 is 1.05 bits per heavy atom. The number of benzene rings is 2. The number of hydrogen-bond acceptors (Lipinski definition) is 4. The molecule has 2 N–H and O–H groups in total. The molecule has 0 fully saturated rings. The molecule has 0 aliphatic heterocycles. The van der Waals surface area contributed by atoms with E-state index in [0.717, 1.165) is 24.0 Å². The molecule has 0 bridgehead atoms. The van der Waals surface area contributed by atoms with Crippen LogP contribution in [0.15, 0.2) is 61.2 Å². The molecule has 2 aromatic rings. The average Bonchev–Trinajstić information content (AvgIpc) is 2.85. The number of amides is 3. The van der Waals surface area contributed by atoms with Gasteiger partial charge in [0.15, 0.2) is 0 Å². The zero-order valence-electron chi connectivity index (χ0n) is 23.6. The summed E-state index contributed by atoms with van der Waals surface area (Å²) in [6.45, 7) is 15.5. The SMILES string of the molecule is C=Cc1cccc(C(C(=O)NCCCC)N(C(=O)C(Cc2ccccc2)NC(=O)OC(C)(C)C)C(C)C)c1. The van der Waals surface area contributed by atoms with Gasteiger partial charge in [0.05, 0.1) is 0 Å². The standard InChI is InChI=1S/C31H43N3O4/c1-8-10-19-32-28(35)27(25-18-14-17-23(9-2)20-25)34(22(3)4)29(36)26(21-24-15-12-11-13-16-24)33-30(37)38-31(5,6)7/h9,11-18,20,22,26-27H,2,8,10,19,21H2,1,3-7H3,(H,32,35)(H,33,37). The fourth-order valence-electron chi connectivity index (χ4n) is 4.14. The number of carbonyl (C=O) groups excluding carboxylic acids is 3. The molecule has 2 aromatic carbocycles. The highest BCUT2D eigenvalue weighted by molar-refractivity contribution is 5.92. The first-order valence-corrected chi connectivity index (χ1v) is 13.3. The molecule has 3 amide bonds. The molecular weight excluding hydrogens is 478 g/mol. The van der Waals surface area contributed by atoms with E-state index in [1.54, 1.807) is 31.7 Å². The topological polar surface area (TPSA) is 87.7 Å². The highest BCUT2D eigenvalue weighted by Gasteiger charge is 2.37. The van der Waals surface area contributed by atoms with Gasteiger partial charge in [0.1, 0.15) is 17.7 Å². The number of rotatable bonds is 12. The van der Waals surface area contributed by atoms with Crippen molar-refractivity contribution in [2.75, 3.05) is 6.54 Å². The van der Waals surface area contributed by atoms with Crippen LogP contribution in [-0.2, 0) is 20.7 Å². The molecule has 0 saturated carbocycles. The minimum Gasteiger partial charge on any atom is -0.444 e. The summed E-state index contributed by atoms with van der Waals surface area (Å²) < 4.78 is 5.47. The lowest BCUT2D eigenvalue weighted by Crippen LogP contribution is -2.55. The first kappa shape index (κ1) is 30.6. The van der Waals surface area contributed by atoms with Gasteiger partial charge in [-0.1, -0.05) is 74.5 Å². The van der Waals surface area contributed by atoms with Gasteiger partial charge in [0.25, 0.3) is 0 Å². The molecule has 0 heterocycles. The van der Waals surface area contributed by atoms with Gasteiger partial charge in [-0.05, 0) is 63.8 Å². The molecule has 0 spiro atoms. The summed E-state index contributed by atoms with van der Waals surface area (Å²) in [7, 11) is 0. The predicted octanol–water partition coefficient (Wildman–Crippen LogP) is 5.66. The van der Waals surface area contributed by atoms with Crippen molar-refractivity contribution in [2.45, 2.75) is 84.5 Å². The summed E-state index contributed by atoms with van der Waals surface area (Å²) in [5.74, 6) is -0.633. The predicted molar refractivity (Wildman–Crippen MR) is 152 cm³/mol. The molecule has 38 heavy (non-hydrogen) atoms. The maximum atomic E-state index is 14.2. The third-order valence-corrected chi connectivity index (χ3v) is 5.90. The summed E-state index contributed by atoms with van der Waals surface area (Å²) >= 11 is 0. The Kier molecular flexibility index (Phi) is 11.6. The van der Waals surface area contributed by atoms with Crippen LogP contribution in [0.1, 0.15) is 77.1 Å². The molecule has 206 valence electrons. The van der Waals surface area contributed by atoms with E-state index < -0.39 is 23.8 Å². The van der Waals surface area contributed by atoms with Gasteiger partial charge in [-0.3, -0.25) is 9.59 Å².